The minimum absolute atomic E-state index is 0.197. The maximum absolute atomic E-state index is 11.4. The quantitative estimate of drug-likeness (QED) is 0.316. The summed E-state index contributed by atoms with van der Waals surface area (Å²) in [5.74, 6) is 0.201. The first-order valence-corrected chi connectivity index (χ1v) is 5.60. The molecule has 0 aromatic carbocycles. The molecule has 0 aliphatic carbocycles. The van der Waals surface area contributed by atoms with Crippen LogP contribution < -0.4 is 5.32 Å². The number of esters is 1. The SMILES string of the molecule is CC/C=C(\CCC(C)NC(C)=N)C(=O)OC. The van der Waals surface area contributed by atoms with E-state index in [1.807, 2.05) is 19.9 Å². The number of amidine groups is 1. The summed E-state index contributed by atoms with van der Waals surface area (Å²) in [5, 5.41) is 10.3. The van der Waals surface area contributed by atoms with E-state index in [4.69, 9.17) is 10.1 Å². The third-order valence-corrected chi connectivity index (χ3v) is 2.21. The van der Waals surface area contributed by atoms with Crippen LogP contribution in [0.3, 0.4) is 0 Å². The van der Waals surface area contributed by atoms with Gasteiger partial charge in [0.25, 0.3) is 0 Å². The van der Waals surface area contributed by atoms with E-state index >= 15 is 0 Å². The Bertz CT molecular complexity index is 272. The van der Waals surface area contributed by atoms with Gasteiger partial charge in [0, 0.05) is 11.6 Å². The molecule has 0 aromatic heterocycles. The monoisotopic (exact) mass is 226 g/mol. The first-order valence-electron chi connectivity index (χ1n) is 5.60. The molecule has 2 N–H and O–H groups in total. The van der Waals surface area contributed by atoms with Crippen LogP contribution in [0.1, 0.15) is 40.0 Å². The molecule has 0 radical (unpaired) electrons. The molecule has 0 heterocycles. The number of carbonyl (C=O) groups excluding carboxylic acids is 1. The third kappa shape index (κ3) is 6.22. The third-order valence-electron chi connectivity index (χ3n) is 2.21. The van der Waals surface area contributed by atoms with Crippen LogP contribution >= 0.6 is 0 Å². The highest BCUT2D eigenvalue weighted by Crippen LogP contribution is 2.10. The molecule has 0 aromatic rings. The highest BCUT2D eigenvalue weighted by Gasteiger charge is 2.10. The number of hydrogen-bond acceptors (Lipinski definition) is 3. The highest BCUT2D eigenvalue weighted by molar-refractivity contribution is 5.88. The van der Waals surface area contributed by atoms with E-state index in [0.717, 1.165) is 18.4 Å². The molecule has 92 valence electrons. The lowest BCUT2D eigenvalue weighted by Crippen LogP contribution is -2.30. The zero-order valence-corrected chi connectivity index (χ0v) is 10.6. The van der Waals surface area contributed by atoms with Gasteiger partial charge >= 0.3 is 5.97 Å². The van der Waals surface area contributed by atoms with E-state index in [9.17, 15) is 4.79 Å². The van der Waals surface area contributed by atoms with Gasteiger partial charge in [-0.15, -0.1) is 0 Å². The molecule has 0 bridgehead atoms. The van der Waals surface area contributed by atoms with Crippen molar-refractivity contribution in [2.75, 3.05) is 7.11 Å². The van der Waals surface area contributed by atoms with Crippen molar-refractivity contribution in [3.8, 4) is 0 Å². The van der Waals surface area contributed by atoms with Gasteiger partial charge in [0.2, 0.25) is 0 Å². The molecule has 0 aliphatic heterocycles. The Hall–Kier alpha value is -1.32. The topological polar surface area (TPSA) is 62.2 Å². The van der Waals surface area contributed by atoms with Crippen molar-refractivity contribution < 1.29 is 9.53 Å². The molecule has 0 saturated heterocycles. The van der Waals surface area contributed by atoms with Crippen molar-refractivity contribution in [2.45, 2.75) is 46.1 Å². The van der Waals surface area contributed by atoms with Crippen LogP contribution in [0.2, 0.25) is 0 Å². The van der Waals surface area contributed by atoms with Crippen molar-refractivity contribution in [3.63, 3.8) is 0 Å². The zero-order valence-electron chi connectivity index (χ0n) is 10.6. The number of nitrogens with one attached hydrogen (secondary N) is 2. The van der Waals surface area contributed by atoms with E-state index < -0.39 is 0 Å². The second-order valence-corrected chi connectivity index (χ2v) is 3.84. The van der Waals surface area contributed by atoms with Gasteiger partial charge in [-0.1, -0.05) is 13.0 Å². The van der Waals surface area contributed by atoms with E-state index in [1.165, 1.54) is 7.11 Å². The number of allylic oxidation sites excluding steroid dienone is 1. The smallest absolute Gasteiger partial charge is 0.333 e. The Kier molecular flexibility index (Phi) is 7.25. The Morgan fingerprint density at radius 1 is 1.56 bits per heavy atom. The number of methoxy groups -OCH3 is 1. The molecule has 16 heavy (non-hydrogen) atoms. The Morgan fingerprint density at radius 2 is 2.19 bits per heavy atom. The number of ether oxygens (including phenoxy) is 1. The molecule has 0 saturated carbocycles. The van der Waals surface area contributed by atoms with E-state index in [1.54, 1.807) is 6.92 Å². The fourth-order valence-corrected chi connectivity index (χ4v) is 1.48. The molecule has 0 spiro atoms. The lowest BCUT2D eigenvalue weighted by atomic mass is 10.1. The predicted octanol–water partition coefficient (Wildman–Crippen LogP) is 2.25. The van der Waals surface area contributed by atoms with Gasteiger partial charge < -0.3 is 10.1 Å². The summed E-state index contributed by atoms with van der Waals surface area (Å²) in [6, 6.07) is 0.197. The van der Waals surface area contributed by atoms with Gasteiger partial charge in [-0.2, -0.15) is 0 Å². The van der Waals surface area contributed by atoms with Crippen molar-refractivity contribution in [3.05, 3.63) is 11.6 Å². The summed E-state index contributed by atoms with van der Waals surface area (Å²) < 4.78 is 4.71. The standard InChI is InChI=1S/C12H22N2O2/c1-5-6-11(12(15)16-4)8-7-9(2)14-10(3)13/h6,9H,5,7-8H2,1-4H3,(H2,13,14)/b11-6+. The van der Waals surface area contributed by atoms with Crippen molar-refractivity contribution in [1.29, 1.82) is 5.41 Å². The fraction of sp³-hybridized carbons (Fsp3) is 0.667. The van der Waals surface area contributed by atoms with Crippen LogP contribution in [-0.4, -0.2) is 25.0 Å². The predicted molar refractivity (Wildman–Crippen MR) is 65.6 cm³/mol. The van der Waals surface area contributed by atoms with Crippen LogP contribution in [0.4, 0.5) is 0 Å². The second kappa shape index (κ2) is 7.91. The van der Waals surface area contributed by atoms with Crippen LogP contribution in [0, 0.1) is 5.41 Å². The molecule has 4 nitrogen and oxygen atoms in total. The van der Waals surface area contributed by atoms with Crippen molar-refractivity contribution >= 4 is 11.8 Å². The van der Waals surface area contributed by atoms with Crippen molar-refractivity contribution in [2.24, 2.45) is 0 Å². The summed E-state index contributed by atoms with van der Waals surface area (Å²) in [4.78, 5) is 11.4. The van der Waals surface area contributed by atoms with Crippen molar-refractivity contribution in [1.82, 2.24) is 5.32 Å². The van der Waals surface area contributed by atoms with E-state index in [0.29, 0.717) is 12.3 Å². The zero-order chi connectivity index (χ0) is 12.6. The van der Waals surface area contributed by atoms with Gasteiger partial charge in [0.1, 0.15) is 0 Å². The normalized spacial score (nSPS) is 13.1. The lowest BCUT2D eigenvalue weighted by Gasteiger charge is -2.14. The molecule has 4 heteroatoms. The first kappa shape index (κ1) is 14.7. The van der Waals surface area contributed by atoms with Crippen LogP contribution in [0.25, 0.3) is 0 Å². The lowest BCUT2D eigenvalue weighted by molar-refractivity contribution is -0.136. The van der Waals surface area contributed by atoms with E-state index in [2.05, 4.69) is 5.32 Å². The summed E-state index contributed by atoms with van der Waals surface area (Å²) in [5.41, 5.74) is 0.723. The Balaban J connectivity index is 4.17. The highest BCUT2D eigenvalue weighted by atomic mass is 16.5. The molecule has 0 aliphatic rings. The maximum atomic E-state index is 11.4. The average Bonchev–Trinajstić information content (AvgIpc) is 2.22. The average molecular weight is 226 g/mol. The minimum Gasteiger partial charge on any atom is -0.466 e. The molecular weight excluding hydrogens is 204 g/mol. The van der Waals surface area contributed by atoms with Gasteiger partial charge in [-0.25, -0.2) is 4.79 Å². The summed E-state index contributed by atoms with van der Waals surface area (Å²) in [7, 11) is 1.40. The Labute approximate surface area is 97.6 Å². The minimum atomic E-state index is -0.249. The number of hydrogen-bond donors (Lipinski definition) is 2. The van der Waals surface area contributed by atoms with Crippen LogP contribution in [-0.2, 0) is 9.53 Å². The van der Waals surface area contributed by atoms with Gasteiger partial charge in [-0.3, -0.25) is 5.41 Å². The van der Waals surface area contributed by atoms with Gasteiger partial charge in [0.05, 0.1) is 12.9 Å². The van der Waals surface area contributed by atoms with Crippen LogP contribution in [0.5, 0.6) is 0 Å². The second-order valence-electron chi connectivity index (χ2n) is 3.84. The summed E-state index contributed by atoms with van der Waals surface area (Å²) in [6.07, 6.45) is 4.23. The molecule has 0 rings (SSSR count). The molecule has 0 amide bonds. The van der Waals surface area contributed by atoms with E-state index in [-0.39, 0.29) is 12.0 Å². The molecule has 1 unspecified atom stereocenters. The molecule has 0 fully saturated rings. The number of carbonyl (C=O) groups is 1. The number of rotatable bonds is 6. The first-order chi connectivity index (χ1) is 7.51. The Morgan fingerprint density at radius 3 is 2.62 bits per heavy atom. The van der Waals surface area contributed by atoms with Gasteiger partial charge in [-0.05, 0) is 33.1 Å². The summed E-state index contributed by atoms with van der Waals surface area (Å²) in [6.45, 7) is 5.70. The largest absolute Gasteiger partial charge is 0.466 e. The summed E-state index contributed by atoms with van der Waals surface area (Å²) >= 11 is 0. The fourth-order valence-electron chi connectivity index (χ4n) is 1.48. The van der Waals surface area contributed by atoms with Crippen LogP contribution in [0.15, 0.2) is 11.6 Å². The molecule has 1 atom stereocenters. The molecular formula is C12H22N2O2. The maximum Gasteiger partial charge on any atom is 0.333 e. The van der Waals surface area contributed by atoms with Gasteiger partial charge in [0.15, 0.2) is 0 Å².